The van der Waals surface area contributed by atoms with E-state index in [4.69, 9.17) is 4.84 Å². The van der Waals surface area contributed by atoms with Crippen LogP contribution in [0.5, 0.6) is 0 Å². The van der Waals surface area contributed by atoms with Gasteiger partial charge in [0, 0.05) is 18.3 Å². The third kappa shape index (κ3) is 3.30. The molecule has 0 bridgehead atoms. The summed E-state index contributed by atoms with van der Waals surface area (Å²) in [6.07, 6.45) is -2.51. The lowest BCUT2D eigenvalue weighted by Gasteiger charge is -2.30. The summed E-state index contributed by atoms with van der Waals surface area (Å²) < 4.78 is 38.4. The van der Waals surface area contributed by atoms with E-state index in [9.17, 15) is 18.0 Å². The van der Waals surface area contributed by atoms with Gasteiger partial charge < -0.3 is 4.90 Å². The second-order valence-electron chi connectivity index (χ2n) is 4.66. The molecule has 1 aliphatic heterocycles. The molecular weight excluding hydrogens is 297 g/mol. The van der Waals surface area contributed by atoms with Crippen molar-refractivity contribution in [3.63, 3.8) is 0 Å². The largest absolute Gasteiger partial charge is 0.433 e. The Bertz CT molecular complexity index is 609. The molecule has 0 saturated carbocycles. The highest BCUT2D eigenvalue weighted by atomic mass is 19.4. The van der Waals surface area contributed by atoms with Crippen LogP contribution in [0.25, 0.3) is 0 Å². The molecule has 0 N–H and O–H groups in total. The summed E-state index contributed by atoms with van der Waals surface area (Å²) in [5, 5.41) is 0.659. The topological polar surface area (TPSA) is 32.8 Å². The number of halogens is 3. The van der Waals surface area contributed by atoms with Gasteiger partial charge in [0.25, 0.3) is 5.91 Å². The molecule has 1 aromatic rings. The van der Waals surface area contributed by atoms with Crippen molar-refractivity contribution >= 4 is 11.6 Å². The third-order valence-corrected chi connectivity index (χ3v) is 3.26. The number of anilines is 1. The van der Waals surface area contributed by atoms with E-state index in [2.05, 4.69) is 0 Å². The summed E-state index contributed by atoms with van der Waals surface area (Å²) in [4.78, 5) is 18.5. The summed E-state index contributed by atoms with van der Waals surface area (Å²) in [6.45, 7) is -0.266. The number of carbonyl (C=O) groups excluding carboxylic acids is 1. The fourth-order valence-electron chi connectivity index (χ4n) is 2.08. The van der Waals surface area contributed by atoms with Crippen LogP contribution in [0.15, 0.2) is 53.8 Å². The first-order valence-electron chi connectivity index (χ1n) is 6.47. The summed E-state index contributed by atoms with van der Waals surface area (Å²) >= 11 is 0. The van der Waals surface area contributed by atoms with Crippen LogP contribution in [-0.4, -0.2) is 37.8 Å². The number of para-hydroxylation sites is 1. The fourth-order valence-corrected chi connectivity index (χ4v) is 2.08. The standard InChI is InChI=1S/C15H15F3N2O2/c1-19(12-6-4-3-5-7-12)14(21)11-8-9-13(15(16,17)18)20(10-11)22-2/h3-9H,10H2,1-2H3. The van der Waals surface area contributed by atoms with Crippen molar-refractivity contribution in [1.82, 2.24) is 5.06 Å². The highest BCUT2D eigenvalue weighted by molar-refractivity contribution is 6.05. The molecule has 118 valence electrons. The Morgan fingerprint density at radius 3 is 2.41 bits per heavy atom. The van der Waals surface area contributed by atoms with Gasteiger partial charge >= 0.3 is 6.18 Å². The monoisotopic (exact) mass is 312 g/mol. The second-order valence-corrected chi connectivity index (χ2v) is 4.66. The van der Waals surface area contributed by atoms with Crippen LogP contribution in [0, 0.1) is 0 Å². The van der Waals surface area contributed by atoms with Gasteiger partial charge in [0.1, 0.15) is 5.70 Å². The van der Waals surface area contributed by atoms with Crippen LogP contribution in [0.2, 0.25) is 0 Å². The van der Waals surface area contributed by atoms with Crippen molar-refractivity contribution in [2.45, 2.75) is 6.18 Å². The van der Waals surface area contributed by atoms with Gasteiger partial charge in [-0.3, -0.25) is 9.63 Å². The molecule has 0 saturated heterocycles. The maximum Gasteiger partial charge on any atom is 0.433 e. The lowest BCUT2D eigenvalue weighted by molar-refractivity contribution is -0.179. The molecule has 1 aliphatic rings. The first kappa shape index (κ1) is 16.1. The number of hydrogen-bond donors (Lipinski definition) is 0. The lowest BCUT2D eigenvalue weighted by atomic mass is 10.1. The van der Waals surface area contributed by atoms with Gasteiger partial charge in [-0.1, -0.05) is 18.2 Å². The van der Waals surface area contributed by atoms with Gasteiger partial charge in [0.05, 0.1) is 13.7 Å². The van der Waals surface area contributed by atoms with Crippen LogP contribution in [0.3, 0.4) is 0 Å². The van der Waals surface area contributed by atoms with Crippen molar-refractivity contribution < 1.29 is 22.8 Å². The minimum absolute atomic E-state index is 0.209. The molecule has 2 rings (SSSR count). The summed E-state index contributed by atoms with van der Waals surface area (Å²) in [5.41, 5.74) is -0.0712. The van der Waals surface area contributed by atoms with Crippen LogP contribution >= 0.6 is 0 Å². The summed E-state index contributed by atoms with van der Waals surface area (Å²) in [5.74, 6) is -0.384. The molecule has 1 heterocycles. The number of hydrogen-bond acceptors (Lipinski definition) is 3. The predicted molar refractivity (Wildman–Crippen MR) is 75.8 cm³/mol. The molecule has 0 fully saturated rings. The van der Waals surface area contributed by atoms with Crippen molar-refractivity contribution in [2.24, 2.45) is 0 Å². The molecule has 0 aliphatic carbocycles. The van der Waals surface area contributed by atoms with Gasteiger partial charge in [-0.25, -0.2) is 5.06 Å². The minimum Gasteiger partial charge on any atom is -0.312 e. The van der Waals surface area contributed by atoms with E-state index in [1.807, 2.05) is 6.07 Å². The first-order valence-corrected chi connectivity index (χ1v) is 6.47. The van der Waals surface area contributed by atoms with Crippen molar-refractivity contribution in [3.05, 3.63) is 53.8 Å². The molecule has 4 nitrogen and oxygen atoms in total. The fraction of sp³-hybridized carbons (Fsp3) is 0.267. The quantitative estimate of drug-likeness (QED) is 0.860. The average molecular weight is 312 g/mol. The summed E-state index contributed by atoms with van der Waals surface area (Å²) in [6, 6.07) is 8.85. The van der Waals surface area contributed by atoms with E-state index in [0.717, 1.165) is 13.2 Å². The number of alkyl halides is 3. The number of rotatable bonds is 3. The molecule has 0 spiro atoms. The molecule has 0 unspecified atom stereocenters. The van der Waals surface area contributed by atoms with Gasteiger partial charge in [0.2, 0.25) is 0 Å². The third-order valence-electron chi connectivity index (χ3n) is 3.26. The molecule has 7 heteroatoms. The number of amides is 1. The molecule has 0 atom stereocenters. The molecule has 1 amide bonds. The predicted octanol–water partition coefficient (Wildman–Crippen LogP) is 2.90. The molecule has 0 aromatic heterocycles. The molecule has 0 radical (unpaired) electrons. The molecule has 1 aromatic carbocycles. The second kappa shape index (κ2) is 6.23. The van der Waals surface area contributed by atoms with E-state index in [1.165, 1.54) is 11.0 Å². The normalized spacial score (nSPS) is 15.2. The maximum absolute atomic E-state index is 12.8. The van der Waals surface area contributed by atoms with Gasteiger partial charge in [-0.15, -0.1) is 0 Å². The Morgan fingerprint density at radius 1 is 1.23 bits per heavy atom. The first-order chi connectivity index (χ1) is 10.3. The Morgan fingerprint density at radius 2 is 1.86 bits per heavy atom. The van der Waals surface area contributed by atoms with Crippen LogP contribution in [-0.2, 0) is 9.63 Å². The van der Waals surface area contributed by atoms with E-state index < -0.39 is 11.9 Å². The number of carbonyl (C=O) groups is 1. The number of benzene rings is 1. The Hall–Kier alpha value is -2.28. The van der Waals surface area contributed by atoms with E-state index >= 15 is 0 Å². The minimum atomic E-state index is -4.54. The van der Waals surface area contributed by atoms with Crippen molar-refractivity contribution in [1.29, 1.82) is 0 Å². The van der Waals surface area contributed by atoms with Crippen LogP contribution in [0.4, 0.5) is 18.9 Å². The number of likely N-dealkylation sites (N-methyl/N-ethyl adjacent to an activating group) is 1. The smallest absolute Gasteiger partial charge is 0.312 e. The number of hydroxylamine groups is 2. The summed E-state index contributed by atoms with van der Waals surface area (Å²) in [7, 11) is 2.70. The maximum atomic E-state index is 12.8. The van der Waals surface area contributed by atoms with Gasteiger partial charge in [0.15, 0.2) is 0 Å². The highest BCUT2D eigenvalue weighted by Crippen LogP contribution is 2.31. The SMILES string of the molecule is CON1CC(C(=O)N(C)c2ccccc2)=CC=C1C(F)(F)F. The van der Waals surface area contributed by atoms with Crippen LogP contribution < -0.4 is 4.90 Å². The van der Waals surface area contributed by atoms with Crippen molar-refractivity contribution in [2.75, 3.05) is 25.6 Å². The van der Waals surface area contributed by atoms with E-state index in [-0.39, 0.29) is 18.0 Å². The molecule has 22 heavy (non-hydrogen) atoms. The lowest BCUT2D eigenvalue weighted by Crippen LogP contribution is -2.38. The zero-order chi connectivity index (χ0) is 16.3. The van der Waals surface area contributed by atoms with E-state index in [0.29, 0.717) is 10.8 Å². The Labute approximate surface area is 126 Å². The van der Waals surface area contributed by atoms with E-state index in [1.54, 1.807) is 31.3 Å². The zero-order valence-corrected chi connectivity index (χ0v) is 12.1. The van der Waals surface area contributed by atoms with Crippen molar-refractivity contribution in [3.8, 4) is 0 Å². The molecular formula is C15H15F3N2O2. The number of nitrogens with zero attached hydrogens (tertiary/aromatic N) is 2. The van der Waals surface area contributed by atoms with Gasteiger partial charge in [-0.2, -0.15) is 13.2 Å². The van der Waals surface area contributed by atoms with Gasteiger partial charge in [-0.05, 0) is 24.3 Å². The van der Waals surface area contributed by atoms with Crippen LogP contribution in [0.1, 0.15) is 0 Å². The number of allylic oxidation sites excluding steroid dienone is 3. The average Bonchev–Trinajstić information content (AvgIpc) is 2.52. The highest BCUT2D eigenvalue weighted by Gasteiger charge is 2.40. The Kier molecular flexibility index (Phi) is 4.56. The zero-order valence-electron chi connectivity index (χ0n) is 12.1. The Balaban J connectivity index is 2.24.